The Morgan fingerprint density at radius 2 is 1.76 bits per heavy atom. The number of benzene rings is 2. The van der Waals surface area contributed by atoms with Crippen LogP contribution < -0.4 is 5.32 Å². The van der Waals surface area contributed by atoms with Crippen LogP contribution in [-0.2, 0) is 17.6 Å². The normalized spacial score (nSPS) is 10.7. The molecule has 0 saturated heterocycles. The van der Waals surface area contributed by atoms with E-state index in [4.69, 9.17) is 4.42 Å². The standard InChI is InChI=1S/C19H18FN3O2/c1-12-3-4-15(9-13(12)2)10-17(24)21-19-23-22-18(25-19)11-14-5-7-16(20)8-6-14/h3-9H,10-11H2,1-2H3,(H,21,23,24). The summed E-state index contributed by atoms with van der Waals surface area (Å²) in [6.07, 6.45) is 0.608. The first kappa shape index (κ1) is 16.8. The summed E-state index contributed by atoms with van der Waals surface area (Å²) in [5, 5.41) is 10.3. The largest absolute Gasteiger partial charge is 0.407 e. The lowest BCUT2D eigenvalue weighted by Gasteiger charge is -2.04. The lowest BCUT2D eigenvalue weighted by Crippen LogP contribution is -2.14. The number of halogens is 1. The Balaban J connectivity index is 1.59. The van der Waals surface area contributed by atoms with Crippen LogP contribution in [0.2, 0.25) is 0 Å². The molecule has 6 heteroatoms. The van der Waals surface area contributed by atoms with Crippen LogP contribution in [0.3, 0.4) is 0 Å². The number of carbonyl (C=O) groups excluding carboxylic acids is 1. The predicted octanol–water partition coefficient (Wildman–Crippen LogP) is 3.60. The number of nitrogens with zero attached hydrogens (tertiary/aromatic N) is 2. The number of rotatable bonds is 5. The van der Waals surface area contributed by atoms with Crippen LogP contribution in [-0.4, -0.2) is 16.1 Å². The summed E-state index contributed by atoms with van der Waals surface area (Å²) in [5.41, 5.74) is 4.10. The fraction of sp³-hybridized carbons (Fsp3) is 0.211. The highest BCUT2D eigenvalue weighted by atomic mass is 19.1. The van der Waals surface area contributed by atoms with E-state index in [0.717, 1.165) is 16.7 Å². The summed E-state index contributed by atoms with van der Waals surface area (Å²) in [4.78, 5) is 12.1. The van der Waals surface area contributed by atoms with Gasteiger partial charge in [0.25, 0.3) is 0 Å². The molecule has 0 fully saturated rings. The third-order valence-corrected chi connectivity index (χ3v) is 3.92. The molecule has 1 aromatic heterocycles. The maximum Gasteiger partial charge on any atom is 0.322 e. The second-order valence-corrected chi connectivity index (χ2v) is 5.95. The van der Waals surface area contributed by atoms with Gasteiger partial charge in [0.1, 0.15) is 5.82 Å². The molecule has 0 spiro atoms. The minimum absolute atomic E-state index is 0.0611. The van der Waals surface area contributed by atoms with Gasteiger partial charge in [-0.2, -0.15) is 0 Å². The molecule has 1 heterocycles. The van der Waals surface area contributed by atoms with Gasteiger partial charge >= 0.3 is 6.01 Å². The summed E-state index contributed by atoms with van der Waals surface area (Å²) in [6, 6.07) is 12.0. The first-order valence-corrected chi connectivity index (χ1v) is 7.92. The van der Waals surface area contributed by atoms with E-state index in [-0.39, 0.29) is 24.2 Å². The highest BCUT2D eigenvalue weighted by Gasteiger charge is 2.11. The zero-order chi connectivity index (χ0) is 17.8. The second kappa shape index (κ2) is 7.25. The Hall–Kier alpha value is -3.02. The molecule has 0 aliphatic carbocycles. The van der Waals surface area contributed by atoms with Gasteiger partial charge in [0.15, 0.2) is 0 Å². The zero-order valence-corrected chi connectivity index (χ0v) is 14.0. The average Bonchev–Trinajstić information content (AvgIpc) is 3.00. The third kappa shape index (κ3) is 4.50. The van der Waals surface area contributed by atoms with Crippen LogP contribution in [0.15, 0.2) is 46.9 Å². The minimum atomic E-state index is -0.298. The summed E-state index contributed by atoms with van der Waals surface area (Å²) < 4.78 is 18.3. The van der Waals surface area contributed by atoms with Gasteiger partial charge in [-0.1, -0.05) is 35.4 Å². The highest BCUT2D eigenvalue weighted by Crippen LogP contribution is 2.14. The number of hydrogen-bond donors (Lipinski definition) is 1. The van der Waals surface area contributed by atoms with Crippen LogP contribution in [0.25, 0.3) is 0 Å². The Kier molecular flexibility index (Phi) is 4.88. The molecule has 0 saturated carbocycles. The van der Waals surface area contributed by atoms with Crippen LogP contribution >= 0.6 is 0 Å². The van der Waals surface area contributed by atoms with Crippen LogP contribution in [0.1, 0.15) is 28.1 Å². The van der Waals surface area contributed by atoms with E-state index in [0.29, 0.717) is 12.3 Å². The lowest BCUT2D eigenvalue weighted by molar-refractivity contribution is -0.115. The number of nitrogens with one attached hydrogen (secondary N) is 1. The van der Waals surface area contributed by atoms with Crippen LogP contribution in [0.4, 0.5) is 10.4 Å². The molecule has 0 bridgehead atoms. The molecule has 2 aromatic carbocycles. The van der Waals surface area contributed by atoms with Crippen LogP contribution in [0, 0.1) is 19.7 Å². The fourth-order valence-corrected chi connectivity index (χ4v) is 2.41. The van der Waals surface area contributed by atoms with E-state index in [9.17, 15) is 9.18 Å². The number of carbonyl (C=O) groups is 1. The molecule has 1 N–H and O–H groups in total. The van der Waals surface area contributed by atoms with Gasteiger partial charge in [0, 0.05) is 0 Å². The average molecular weight is 339 g/mol. The van der Waals surface area contributed by atoms with Gasteiger partial charge in [-0.15, -0.1) is 5.10 Å². The van der Waals surface area contributed by atoms with Gasteiger partial charge in [-0.3, -0.25) is 10.1 Å². The molecular formula is C19H18FN3O2. The van der Waals surface area contributed by atoms with Crippen molar-refractivity contribution in [3.63, 3.8) is 0 Å². The molecule has 0 aliphatic heterocycles. The van der Waals surface area contributed by atoms with Gasteiger partial charge < -0.3 is 4.42 Å². The van der Waals surface area contributed by atoms with Crippen molar-refractivity contribution in [1.29, 1.82) is 0 Å². The Bertz CT molecular complexity index is 888. The summed E-state index contributed by atoms with van der Waals surface area (Å²) in [5.74, 6) is -0.165. The van der Waals surface area contributed by atoms with Gasteiger partial charge in [0.05, 0.1) is 12.8 Å². The molecule has 3 rings (SSSR count). The Labute approximate surface area is 144 Å². The van der Waals surface area contributed by atoms with E-state index >= 15 is 0 Å². The Morgan fingerprint density at radius 1 is 1.04 bits per heavy atom. The molecule has 5 nitrogen and oxygen atoms in total. The van der Waals surface area contributed by atoms with Crippen molar-refractivity contribution in [3.05, 3.63) is 76.4 Å². The lowest BCUT2D eigenvalue weighted by atomic mass is 10.0. The van der Waals surface area contributed by atoms with Crippen molar-refractivity contribution in [2.75, 3.05) is 5.32 Å². The second-order valence-electron chi connectivity index (χ2n) is 5.95. The van der Waals surface area contributed by atoms with E-state index in [1.807, 2.05) is 32.0 Å². The molecule has 0 radical (unpaired) electrons. The van der Waals surface area contributed by atoms with Gasteiger partial charge in [0.2, 0.25) is 11.8 Å². The molecule has 0 atom stereocenters. The smallest absolute Gasteiger partial charge is 0.322 e. The van der Waals surface area contributed by atoms with Gasteiger partial charge in [-0.25, -0.2) is 4.39 Å². The summed E-state index contributed by atoms with van der Waals surface area (Å²) in [6.45, 7) is 4.04. The maximum absolute atomic E-state index is 12.9. The third-order valence-electron chi connectivity index (χ3n) is 3.92. The minimum Gasteiger partial charge on any atom is -0.407 e. The molecule has 128 valence electrons. The number of amides is 1. The van der Waals surface area contributed by atoms with E-state index in [1.165, 1.54) is 17.7 Å². The zero-order valence-electron chi connectivity index (χ0n) is 14.0. The molecule has 1 amide bonds. The fourth-order valence-electron chi connectivity index (χ4n) is 2.41. The number of anilines is 1. The van der Waals surface area contributed by atoms with Crippen molar-refractivity contribution in [1.82, 2.24) is 10.2 Å². The molecule has 25 heavy (non-hydrogen) atoms. The maximum atomic E-state index is 12.9. The van der Waals surface area contributed by atoms with Crippen molar-refractivity contribution in [2.24, 2.45) is 0 Å². The predicted molar refractivity (Wildman–Crippen MR) is 91.8 cm³/mol. The molecule has 3 aromatic rings. The number of aryl methyl sites for hydroxylation is 2. The monoisotopic (exact) mass is 339 g/mol. The van der Waals surface area contributed by atoms with E-state index in [1.54, 1.807) is 12.1 Å². The van der Waals surface area contributed by atoms with Crippen molar-refractivity contribution >= 4 is 11.9 Å². The molecule has 0 aliphatic rings. The topological polar surface area (TPSA) is 68.0 Å². The first-order valence-electron chi connectivity index (χ1n) is 7.92. The Morgan fingerprint density at radius 3 is 2.48 bits per heavy atom. The quantitative estimate of drug-likeness (QED) is 0.771. The molecular weight excluding hydrogens is 321 g/mol. The van der Waals surface area contributed by atoms with Crippen molar-refractivity contribution in [2.45, 2.75) is 26.7 Å². The first-order chi connectivity index (χ1) is 12.0. The van der Waals surface area contributed by atoms with Crippen molar-refractivity contribution in [3.8, 4) is 0 Å². The highest BCUT2D eigenvalue weighted by molar-refractivity contribution is 5.90. The number of aromatic nitrogens is 2. The van der Waals surface area contributed by atoms with E-state index in [2.05, 4.69) is 15.5 Å². The summed E-state index contributed by atoms with van der Waals surface area (Å²) >= 11 is 0. The summed E-state index contributed by atoms with van der Waals surface area (Å²) in [7, 11) is 0. The van der Waals surface area contributed by atoms with E-state index < -0.39 is 0 Å². The molecule has 0 unspecified atom stereocenters. The van der Waals surface area contributed by atoms with Crippen molar-refractivity contribution < 1.29 is 13.6 Å². The van der Waals surface area contributed by atoms with Gasteiger partial charge in [-0.05, 0) is 48.2 Å². The number of hydrogen-bond acceptors (Lipinski definition) is 4. The van der Waals surface area contributed by atoms with Crippen LogP contribution in [0.5, 0.6) is 0 Å². The SMILES string of the molecule is Cc1ccc(CC(=O)Nc2nnc(Cc3ccc(F)cc3)o2)cc1C.